The number of fused-ring (bicyclic) bond motifs is 3. The summed E-state index contributed by atoms with van der Waals surface area (Å²) in [6.07, 6.45) is 1.89. The average Bonchev–Trinajstić information content (AvgIpc) is 3.03. The molecule has 1 nitrogen and oxygen atoms in total. The van der Waals surface area contributed by atoms with Crippen LogP contribution in [0.4, 0.5) is 0 Å². The molecule has 0 unspecified atom stereocenters. The molecule has 0 aliphatic heterocycles. The highest BCUT2D eigenvalue weighted by atomic mass is 35.5. The summed E-state index contributed by atoms with van der Waals surface area (Å²) in [5.74, 6) is 0. The molecule has 0 spiro atoms. The van der Waals surface area contributed by atoms with Crippen molar-refractivity contribution in [3.05, 3.63) is 52.5 Å². The van der Waals surface area contributed by atoms with Gasteiger partial charge in [0.2, 0.25) is 0 Å². The second-order valence-electron chi connectivity index (χ2n) is 4.74. The number of hydrogen-bond acceptors (Lipinski definition) is 3. The molecule has 0 aliphatic rings. The van der Waals surface area contributed by atoms with E-state index in [1.807, 2.05) is 18.3 Å². The topological polar surface area (TPSA) is 12.9 Å². The molecule has 3 aromatic heterocycles. The SMILES string of the molecule is Cc1csc(-c2nccc3c2sc2c(Cl)cccc23)c1. The smallest absolute Gasteiger partial charge is 0.0980 e. The fraction of sp³-hybridized carbons (Fsp3) is 0.0625. The number of aromatic nitrogens is 1. The van der Waals surface area contributed by atoms with Gasteiger partial charge in [0.1, 0.15) is 0 Å². The summed E-state index contributed by atoms with van der Waals surface area (Å²) in [7, 11) is 0. The zero-order chi connectivity index (χ0) is 13.7. The lowest BCUT2D eigenvalue weighted by atomic mass is 10.1. The van der Waals surface area contributed by atoms with Crippen molar-refractivity contribution < 1.29 is 0 Å². The van der Waals surface area contributed by atoms with Crippen LogP contribution in [0.15, 0.2) is 41.9 Å². The van der Waals surface area contributed by atoms with E-state index < -0.39 is 0 Å². The molecule has 0 fully saturated rings. The minimum atomic E-state index is 0.817. The van der Waals surface area contributed by atoms with Crippen molar-refractivity contribution in [1.29, 1.82) is 0 Å². The number of pyridine rings is 1. The molecule has 98 valence electrons. The third-order valence-corrected chi connectivity index (χ3v) is 6.07. The van der Waals surface area contributed by atoms with E-state index in [-0.39, 0.29) is 0 Å². The largest absolute Gasteiger partial charge is 0.254 e. The fourth-order valence-corrected chi connectivity index (χ4v) is 4.88. The average molecular weight is 316 g/mol. The van der Waals surface area contributed by atoms with E-state index in [1.165, 1.54) is 25.9 Å². The molecule has 0 N–H and O–H groups in total. The molecule has 20 heavy (non-hydrogen) atoms. The maximum atomic E-state index is 6.32. The third kappa shape index (κ3) is 1.78. The Bertz CT molecular complexity index is 936. The highest BCUT2D eigenvalue weighted by molar-refractivity contribution is 7.27. The van der Waals surface area contributed by atoms with Crippen molar-refractivity contribution in [3.63, 3.8) is 0 Å². The van der Waals surface area contributed by atoms with Gasteiger partial charge >= 0.3 is 0 Å². The summed E-state index contributed by atoms with van der Waals surface area (Å²) >= 11 is 9.80. The maximum Gasteiger partial charge on any atom is 0.0980 e. The molecule has 4 heteroatoms. The number of rotatable bonds is 1. The van der Waals surface area contributed by atoms with Crippen molar-refractivity contribution in [2.75, 3.05) is 0 Å². The first-order valence-corrected chi connectivity index (χ1v) is 8.33. The molecule has 4 rings (SSSR count). The fourth-order valence-electron chi connectivity index (χ4n) is 2.42. The Morgan fingerprint density at radius 3 is 2.75 bits per heavy atom. The summed E-state index contributed by atoms with van der Waals surface area (Å²) in [6.45, 7) is 2.11. The van der Waals surface area contributed by atoms with Crippen LogP contribution >= 0.6 is 34.3 Å². The van der Waals surface area contributed by atoms with Crippen LogP contribution in [-0.2, 0) is 0 Å². The molecule has 0 saturated carbocycles. The zero-order valence-corrected chi connectivity index (χ0v) is 13.1. The molecule has 0 aliphatic carbocycles. The number of aryl methyl sites for hydroxylation is 1. The van der Waals surface area contributed by atoms with Gasteiger partial charge in [-0.3, -0.25) is 4.98 Å². The predicted molar refractivity (Wildman–Crippen MR) is 90.2 cm³/mol. The lowest BCUT2D eigenvalue weighted by Crippen LogP contribution is -1.79. The van der Waals surface area contributed by atoms with Crippen molar-refractivity contribution in [2.24, 2.45) is 0 Å². The standard InChI is InChI=1S/C16H10ClNS2/c1-9-7-13(19-8-9)14-16-11(5-6-18-14)10-3-2-4-12(17)15(10)20-16/h2-8H,1H3. The first-order chi connectivity index (χ1) is 9.74. The monoisotopic (exact) mass is 315 g/mol. The molecule has 1 aromatic carbocycles. The third-order valence-electron chi connectivity index (χ3n) is 3.33. The van der Waals surface area contributed by atoms with E-state index in [0.29, 0.717) is 0 Å². The lowest BCUT2D eigenvalue weighted by molar-refractivity contribution is 1.38. The van der Waals surface area contributed by atoms with Gasteiger partial charge in [0.15, 0.2) is 0 Å². The van der Waals surface area contributed by atoms with Crippen molar-refractivity contribution >= 4 is 54.4 Å². The minimum absolute atomic E-state index is 0.817. The van der Waals surface area contributed by atoms with Crippen LogP contribution in [0.3, 0.4) is 0 Å². The normalized spacial score (nSPS) is 11.5. The molecule has 3 heterocycles. The van der Waals surface area contributed by atoms with Gasteiger partial charge in [0.25, 0.3) is 0 Å². The van der Waals surface area contributed by atoms with E-state index in [9.17, 15) is 0 Å². The van der Waals surface area contributed by atoms with Crippen molar-refractivity contribution in [1.82, 2.24) is 4.98 Å². The van der Waals surface area contributed by atoms with Gasteiger partial charge in [-0.2, -0.15) is 0 Å². The maximum absolute atomic E-state index is 6.32. The summed E-state index contributed by atoms with van der Waals surface area (Å²) in [6, 6.07) is 10.4. The van der Waals surface area contributed by atoms with Gasteiger partial charge in [0, 0.05) is 17.0 Å². The van der Waals surface area contributed by atoms with Crippen LogP contribution in [0.25, 0.3) is 30.7 Å². The molecule has 0 amide bonds. The van der Waals surface area contributed by atoms with Gasteiger partial charge < -0.3 is 0 Å². The zero-order valence-electron chi connectivity index (χ0n) is 10.7. The number of thiophene rings is 2. The number of nitrogens with zero attached hydrogens (tertiary/aromatic N) is 1. The van der Waals surface area contributed by atoms with Crippen LogP contribution in [-0.4, -0.2) is 4.98 Å². The molecule has 4 aromatic rings. The molecule has 0 bridgehead atoms. The van der Waals surface area contributed by atoms with E-state index in [2.05, 4.69) is 35.5 Å². The van der Waals surface area contributed by atoms with E-state index in [4.69, 9.17) is 11.6 Å². The van der Waals surface area contributed by atoms with Crippen LogP contribution in [0.1, 0.15) is 5.56 Å². The Labute approximate surface area is 129 Å². The van der Waals surface area contributed by atoms with Gasteiger partial charge in [-0.25, -0.2) is 0 Å². The van der Waals surface area contributed by atoms with Gasteiger partial charge in [-0.1, -0.05) is 23.7 Å². The lowest BCUT2D eigenvalue weighted by Gasteiger charge is -1.98. The number of hydrogen-bond donors (Lipinski definition) is 0. The van der Waals surface area contributed by atoms with Gasteiger partial charge in [0.05, 0.1) is 25.0 Å². The summed E-state index contributed by atoms with van der Waals surface area (Å²) in [5.41, 5.74) is 2.35. The molecule has 0 radical (unpaired) electrons. The molecular weight excluding hydrogens is 306 g/mol. The first kappa shape index (κ1) is 12.3. The highest BCUT2D eigenvalue weighted by Gasteiger charge is 2.13. The van der Waals surface area contributed by atoms with Crippen LogP contribution < -0.4 is 0 Å². The van der Waals surface area contributed by atoms with Crippen LogP contribution in [0.2, 0.25) is 5.02 Å². The number of halogens is 1. The molecule has 0 atom stereocenters. The molecule has 0 saturated heterocycles. The van der Waals surface area contributed by atoms with Crippen molar-refractivity contribution in [3.8, 4) is 10.6 Å². The van der Waals surface area contributed by atoms with Crippen LogP contribution in [0, 0.1) is 6.92 Å². The summed E-state index contributed by atoms with van der Waals surface area (Å²) < 4.78 is 2.36. The highest BCUT2D eigenvalue weighted by Crippen LogP contribution is 2.42. The summed E-state index contributed by atoms with van der Waals surface area (Å²) in [4.78, 5) is 5.81. The van der Waals surface area contributed by atoms with Crippen molar-refractivity contribution in [2.45, 2.75) is 6.92 Å². The Morgan fingerprint density at radius 2 is 1.95 bits per heavy atom. The second-order valence-corrected chi connectivity index (χ2v) is 7.08. The van der Waals surface area contributed by atoms with Crippen LogP contribution in [0.5, 0.6) is 0 Å². The quantitative estimate of drug-likeness (QED) is 0.411. The van der Waals surface area contributed by atoms with E-state index in [1.54, 1.807) is 22.7 Å². The predicted octanol–water partition coefficient (Wildman–Crippen LogP) is 6.14. The Kier molecular flexibility index (Phi) is 2.81. The second kappa shape index (κ2) is 4.55. The molecular formula is C16H10ClNS2. The minimum Gasteiger partial charge on any atom is -0.254 e. The van der Waals surface area contributed by atoms with Gasteiger partial charge in [-0.05, 0) is 36.1 Å². The Morgan fingerprint density at radius 1 is 1.10 bits per heavy atom. The first-order valence-electron chi connectivity index (χ1n) is 6.25. The Hall–Kier alpha value is -1.42. The van der Waals surface area contributed by atoms with Gasteiger partial charge in [-0.15, -0.1) is 22.7 Å². The van der Waals surface area contributed by atoms with E-state index >= 15 is 0 Å². The number of benzene rings is 1. The summed E-state index contributed by atoms with van der Waals surface area (Å²) in [5, 5.41) is 5.44. The van der Waals surface area contributed by atoms with E-state index in [0.717, 1.165) is 15.4 Å². The Balaban J connectivity index is 2.13.